The molecule has 0 aromatic heterocycles. The van der Waals surface area contributed by atoms with E-state index in [1.165, 1.54) is 13.3 Å². The Hall–Kier alpha value is -2.54. The third-order valence-corrected chi connectivity index (χ3v) is 3.73. The van der Waals surface area contributed by atoms with E-state index in [1.54, 1.807) is 18.2 Å². The number of nitrogens with zero attached hydrogens (tertiary/aromatic N) is 1. The van der Waals surface area contributed by atoms with Crippen LogP contribution in [0.5, 0.6) is 17.2 Å². The molecule has 0 spiro atoms. The van der Waals surface area contributed by atoms with Crippen LogP contribution in [0.25, 0.3) is 0 Å². The molecular weight excluding hydrogens is 376 g/mol. The fourth-order valence-electron chi connectivity index (χ4n) is 1.90. The summed E-state index contributed by atoms with van der Waals surface area (Å²) in [4.78, 5) is 11.7. The molecule has 2 aromatic carbocycles. The van der Waals surface area contributed by atoms with Gasteiger partial charge >= 0.3 is 0 Å². The van der Waals surface area contributed by atoms with Crippen LogP contribution in [0.1, 0.15) is 11.1 Å². The van der Waals surface area contributed by atoms with Gasteiger partial charge in [-0.15, -0.1) is 0 Å². The molecule has 0 unspecified atom stereocenters. The maximum absolute atomic E-state index is 11.7. The number of nitrogens with one attached hydrogen (secondary N) is 1. The molecule has 0 saturated carbocycles. The maximum atomic E-state index is 11.7. The molecule has 6 nitrogen and oxygen atoms in total. The van der Waals surface area contributed by atoms with Crippen LogP contribution in [-0.4, -0.2) is 30.9 Å². The topological polar surface area (TPSA) is 80.2 Å². The first kappa shape index (κ1) is 17.8. The summed E-state index contributed by atoms with van der Waals surface area (Å²) in [6, 6.07) is 10.7. The number of rotatable bonds is 6. The van der Waals surface area contributed by atoms with Gasteiger partial charge in [0.05, 0.1) is 17.8 Å². The van der Waals surface area contributed by atoms with Gasteiger partial charge in [0.25, 0.3) is 5.91 Å². The van der Waals surface area contributed by atoms with Crippen molar-refractivity contribution in [2.45, 2.75) is 6.92 Å². The number of hydrogen-bond donors (Lipinski definition) is 2. The zero-order valence-electron chi connectivity index (χ0n) is 13.2. The smallest absolute Gasteiger partial charge is 0.277 e. The summed E-state index contributed by atoms with van der Waals surface area (Å²) in [6.07, 6.45) is 1.44. The quantitative estimate of drug-likeness (QED) is 0.584. The SMILES string of the molecule is COc1cc(C=NNC(=O)COc2ccccc2C)cc(Br)c1O. The highest BCUT2D eigenvalue weighted by atomic mass is 79.9. The van der Waals surface area contributed by atoms with Crippen LogP contribution in [0.2, 0.25) is 0 Å². The molecule has 1 amide bonds. The Morgan fingerprint density at radius 2 is 2.08 bits per heavy atom. The molecule has 24 heavy (non-hydrogen) atoms. The standard InChI is InChI=1S/C17H17BrN2O4/c1-11-5-3-4-6-14(11)24-10-16(21)20-19-9-12-7-13(18)17(22)15(8-12)23-2/h3-9,22H,10H2,1-2H3,(H,20,21). The third kappa shape index (κ3) is 4.73. The Bertz CT molecular complexity index is 762. The molecular formula is C17H17BrN2O4. The van der Waals surface area contributed by atoms with Gasteiger partial charge in [0.1, 0.15) is 5.75 Å². The molecule has 2 aromatic rings. The summed E-state index contributed by atoms with van der Waals surface area (Å²) in [5.41, 5.74) is 3.98. The maximum Gasteiger partial charge on any atom is 0.277 e. The van der Waals surface area contributed by atoms with E-state index in [9.17, 15) is 9.90 Å². The Morgan fingerprint density at radius 1 is 1.33 bits per heavy atom. The number of halogens is 1. The van der Waals surface area contributed by atoms with Crippen LogP contribution in [0.3, 0.4) is 0 Å². The van der Waals surface area contributed by atoms with E-state index in [4.69, 9.17) is 9.47 Å². The van der Waals surface area contributed by atoms with E-state index in [0.717, 1.165) is 5.56 Å². The monoisotopic (exact) mass is 392 g/mol. The van der Waals surface area contributed by atoms with Gasteiger partial charge in [-0.1, -0.05) is 18.2 Å². The highest BCUT2D eigenvalue weighted by Crippen LogP contribution is 2.34. The summed E-state index contributed by atoms with van der Waals surface area (Å²) in [6.45, 7) is 1.77. The fraction of sp³-hybridized carbons (Fsp3) is 0.176. The molecule has 0 bridgehead atoms. The number of amides is 1. The molecule has 2 rings (SSSR count). The third-order valence-electron chi connectivity index (χ3n) is 3.13. The summed E-state index contributed by atoms with van der Waals surface area (Å²) < 4.78 is 10.9. The van der Waals surface area contributed by atoms with Crippen molar-refractivity contribution in [3.63, 3.8) is 0 Å². The molecule has 7 heteroatoms. The van der Waals surface area contributed by atoms with E-state index in [0.29, 0.717) is 21.5 Å². The number of hydrazone groups is 1. The van der Waals surface area contributed by atoms with Crippen molar-refractivity contribution in [2.24, 2.45) is 5.10 Å². The van der Waals surface area contributed by atoms with E-state index >= 15 is 0 Å². The van der Waals surface area contributed by atoms with Crippen LogP contribution in [0, 0.1) is 6.92 Å². The summed E-state index contributed by atoms with van der Waals surface area (Å²) in [7, 11) is 1.45. The van der Waals surface area contributed by atoms with Crippen molar-refractivity contribution in [3.05, 3.63) is 52.0 Å². The predicted octanol–water partition coefficient (Wildman–Crippen LogP) is 3.00. The largest absolute Gasteiger partial charge is 0.503 e. The molecule has 0 radical (unpaired) electrons. The van der Waals surface area contributed by atoms with Gasteiger partial charge in [0.2, 0.25) is 0 Å². The molecule has 0 atom stereocenters. The molecule has 0 aliphatic heterocycles. The van der Waals surface area contributed by atoms with Crippen molar-refractivity contribution in [3.8, 4) is 17.2 Å². The number of hydrogen-bond acceptors (Lipinski definition) is 5. The van der Waals surface area contributed by atoms with Crippen LogP contribution >= 0.6 is 15.9 Å². The number of para-hydroxylation sites is 1. The lowest BCUT2D eigenvalue weighted by Gasteiger charge is -2.07. The van der Waals surface area contributed by atoms with Crippen LogP contribution in [-0.2, 0) is 4.79 Å². The minimum absolute atomic E-state index is 0.00492. The summed E-state index contributed by atoms with van der Waals surface area (Å²) in [5.74, 6) is 0.591. The number of carbonyl (C=O) groups is 1. The average Bonchev–Trinajstić information content (AvgIpc) is 2.57. The van der Waals surface area contributed by atoms with Crippen LogP contribution in [0.4, 0.5) is 0 Å². The van der Waals surface area contributed by atoms with Crippen LogP contribution < -0.4 is 14.9 Å². The highest BCUT2D eigenvalue weighted by Gasteiger charge is 2.08. The molecule has 0 saturated heterocycles. The minimum atomic E-state index is -0.376. The number of carbonyl (C=O) groups excluding carboxylic acids is 1. The minimum Gasteiger partial charge on any atom is -0.503 e. The lowest BCUT2D eigenvalue weighted by molar-refractivity contribution is -0.123. The van der Waals surface area contributed by atoms with Gasteiger partial charge in [-0.2, -0.15) is 5.10 Å². The average molecular weight is 393 g/mol. The molecule has 0 heterocycles. The molecule has 2 N–H and O–H groups in total. The van der Waals surface area contributed by atoms with Gasteiger partial charge in [-0.05, 0) is 52.2 Å². The van der Waals surface area contributed by atoms with Gasteiger partial charge in [-0.3, -0.25) is 4.79 Å². The van der Waals surface area contributed by atoms with Crippen molar-refractivity contribution in [1.29, 1.82) is 0 Å². The summed E-state index contributed by atoms with van der Waals surface area (Å²) >= 11 is 3.22. The first-order valence-corrected chi connectivity index (χ1v) is 7.87. The second kappa shape index (κ2) is 8.35. The van der Waals surface area contributed by atoms with Gasteiger partial charge in [0, 0.05) is 0 Å². The van der Waals surface area contributed by atoms with Gasteiger partial charge in [-0.25, -0.2) is 5.43 Å². The van der Waals surface area contributed by atoms with Crippen molar-refractivity contribution in [1.82, 2.24) is 5.43 Å². The van der Waals surface area contributed by atoms with Gasteiger partial charge < -0.3 is 14.6 Å². The predicted molar refractivity (Wildman–Crippen MR) is 94.8 cm³/mol. The highest BCUT2D eigenvalue weighted by molar-refractivity contribution is 9.10. The zero-order valence-corrected chi connectivity index (χ0v) is 14.8. The van der Waals surface area contributed by atoms with Crippen molar-refractivity contribution >= 4 is 28.1 Å². The number of ether oxygens (including phenoxy) is 2. The van der Waals surface area contributed by atoms with E-state index in [-0.39, 0.29) is 18.3 Å². The first-order valence-electron chi connectivity index (χ1n) is 7.08. The fourth-order valence-corrected chi connectivity index (χ4v) is 2.36. The van der Waals surface area contributed by atoms with Crippen molar-refractivity contribution < 1.29 is 19.4 Å². The van der Waals surface area contributed by atoms with Crippen LogP contribution in [0.15, 0.2) is 46.0 Å². The van der Waals surface area contributed by atoms with Gasteiger partial charge in [0.15, 0.2) is 18.1 Å². The number of methoxy groups -OCH3 is 1. The number of phenols is 1. The Balaban J connectivity index is 1.91. The van der Waals surface area contributed by atoms with E-state index in [1.807, 2.05) is 25.1 Å². The van der Waals surface area contributed by atoms with Crippen molar-refractivity contribution in [2.75, 3.05) is 13.7 Å². The summed E-state index contributed by atoms with van der Waals surface area (Å²) in [5, 5.41) is 13.6. The normalized spacial score (nSPS) is 10.6. The molecule has 0 fully saturated rings. The number of aryl methyl sites for hydroxylation is 1. The molecule has 0 aliphatic carbocycles. The van der Waals surface area contributed by atoms with E-state index < -0.39 is 0 Å². The number of phenolic OH excluding ortho intramolecular Hbond substituents is 1. The van der Waals surface area contributed by atoms with E-state index in [2.05, 4.69) is 26.5 Å². The number of benzene rings is 2. The number of aromatic hydroxyl groups is 1. The Kier molecular flexibility index (Phi) is 6.20. The molecule has 0 aliphatic rings. The lowest BCUT2D eigenvalue weighted by Crippen LogP contribution is -2.24. The first-order chi connectivity index (χ1) is 11.5. The lowest BCUT2D eigenvalue weighted by atomic mass is 10.2. The Morgan fingerprint density at radius 3 is 2.79 bits per heavy atom. The second-order valence-electron chi connectivity index (χ2n) is 4.90. The Labute approximate surface area is 148 Å². The molecule has 126 valence electrons. The second-order valence-corrected chi connectivity index (χ2v) is 5.76. The zero-order chi connectivity index (χ0) is 17.5.